The maximum atomic E-state index is 12.6. The van der Waals surface area contributed by atoms with Crippen LogP contribution >= 0.6 is 22.6 Å². The van der Waals surface area contributed by atoms with Gasteiger partial charge < -0.3 is 9.47 Å². The van der Waals surface area contributed by atoms with Crippen molar-refractivity contribution in [1.82, 2.24) is 4.98 Å². The van der Waals surface area contributed by atoms with Crippen molar-refractivity contribution >= 4 is 22.6 Å². The van der Waals surface area contributed by atoms with Crippen LogP contribution in [0, 0.1) is 3.57 Å². The van der Waals surface area contributed by atoms with Gasteiger partial charge in [-0.25, -0.2) is 9.37 Å². The summed E-state index contributed by atoms with van der Waals surface area (Å²) in [5.74, 6) is -0.594. The highest BCUT2D eigenvalue weighted by atomic mass is 127. The lowest BCUT2D eigenvalue weighted by atomic mass is 10.2. The van der Waals surface area contributed by atoms with Crippen LogP contribution in [0.3, 0.4) is 0 Å². The maximum Gasteiger partial charge on any atom is 0.573 e. The Morgan fingerprint density at radius 1 is 1.44 bits per heavy atom. The Kier molecular flexibility index (Phi) is 4.16. The number of aromatic nitrogens is 1. The first-order valence-electron chi connectivity index (χ1n) is 3.92. The van der Waals surface area contributed by atoms with Crippen LogP contribution in [0.5, 0.6) is 11.6 Å². The fourth-order valence-corrected chi connectivity index (χ4v) is 1.74. The van der Waals surface area contributed by atoms with Gasteiger partial charge in [0.2, 0.25) is 5.88 Å². The summed E-state index contributed by atoms with van der Waals surface area (Å²) >= 11 is 1.64. The van der Waals surface area contributed by atoms with E-state index in [4.69, 9.17) is 4.74 Å². The quantitative estimate of drug-likeness (QED) is 0.620. The molecular weight excluding hydrogens is 345 g/mol. The number of pyridine rings is 1. The molecule has 0 aromatic carbocycles. The number of nitrogens with zero attached hydrogens (tertiary/aromatic N) is 1. The van der Waals surface area contributed by atoms with Gasteiger partial charge in [-0.15, -0.1) is 13.2 Å². The van der Waals surface area contributed by atoms with Crippen molar-refractivity contribution in [3.05, 3.63) is 15.3 Å². The lowest BCUT2D eigenvalue weighted by Gasteiger charge is -2.13. The average Bonchev–Trinajstić information content (AvgIpc) is 2.16. The Morgan fingerprint density at radius 2 is 2.06 bits per heavy atom. The molecule has 16 heavy (non-hydrogen) atoms. The van der Waals surface area contributed by atoms with Crippen molar-refractivity contribution < 1.29 is 27.0 Å². The fourth-order valence-electron chi connectivity index (χ4n) is 0.969. The van der Waals surface area contributed by atoms with Crippen molar-refractivity contribution in [1.29, 1.82) is 0 Å². The fraction of sp³-hybridized carbons (Fsp3) is 0.375. The second-order valence-corrected chi connectivity index (χ2v) is 3.68. The van der Waals surface area contributed by atoms with Crippen LogP contribution < -0.4 is 9.47 Å². The van der Waals surface area contributed by atoms with Gasteiger partial charge in [0, 0.05) is 5.56 Å². The summed E-state index contributed by atoms with van der Waals surface area (Å²) in [7, 11) is 1.29. The Morgan fingerprint density at radius 3 is 2.50 bits per heavy atom. The molecule has 90 valence electrons. The molecule has 0 fully saturated rings. The first-order chi connectivity index (χ1) is 7.39. The van der Waals surface area contributed by atoms with Gasteiger partial charge in [0.1, 0.15) is 6.67 Å². The highest BCUT2D eigenvalue weighted by Crippen LogP contribution is 2.33. The molecule has 0 N–H and O–H groups in total. The number of hydrogen-bond donors (Lipinski definition) is 0. The highest BCUT2D eigenvalue weighted by Gasteiger charge is 2.33. The predicted octanol–water partition coefficient (Wildman–Crippen LogP) is 3.06. The lowest BCUT2D eigenvalue weighted by molar-refractivity contribution is -0.275. The number of alkyl halides is 4. The SMILES string of the molecule is COc1ncc(OC(F)(F)F)c(CF)c1I. The van der Waals surface area contributed by atoms with E-state index in [1.165, 1.54) is 7.11 Å². The molecular formula is C8H6F4INO2. The third-order valence-corrected chi connectivity index (χ3v) is 2.71. The zero-order valence-corrected chi connectivity index (χ0v) is 10.1. The Hall–Kier alpha value is -0.800. The molecule has 1 heterocycles. The molecule has 0 amide bonds. The molecule has 0 radical (unpaired) electrons. The summed E-state index contributed by atoms with van der Waals surface area (Å²) < 4.78 is 57.0. The summed E-state index contributed by atoms with van der Waals surface area (Å²) in [6.45, 7) is -1.09. The summed E-state index contributed by atoms with van der Waals surface area (Å²) in [5.41, 5.74) is -0.232. The topological polar surface area (TPSA) is 31.4 Å². The van der Waals surface area contributed by atoms with Crippen molar-refractivity contribution in [2.75, 3.05) is 7.11 Å². The van der Waals surface area contributed by atoms with E-state index in [1.54, 1.807) is 22.6 Å². The standard InChI is InChI=1S/C8H6F4INO2/c1-15-7-6(13)4(2-9)5(3-14-7)16-8(10,11)12/h3H,2H2,1H3. The first kappa shape index (κ1) is 13.3. The summed E-state index contributed by atoms with van der Waals surface area (Å²) in [6.07, 6.45) is -4.09. The van der Waals surface area contributed by atoms with E-state index in [-0.39, 0.29) is 15.0 Å². The van der Waals surface area contributed by atoms with Crippen LogP contribution in [-0.2, 0) is 6.67 Å². The van der Waals surface area contributed by atoms with Crippen LogP contribution in [0.1, 0.15) is 5.56 Å². The third kappa shape index (κ3) is 3.09. The highest BCUT2D eigenvalue weighted by molar-refractivity contribution is 14.1. The van der Waals surface area contributed by atoms with Crippen molar-refractivity contribution in [2.45, 2.75) is 13.0 Å². The second-order valence-electron chi connectivity index (χ2n) is 2.61. The molecule has 0 spiro atoms. The molecule has 0 aliphatic rings. The van der Waals surface area contributed by atoms with Gasteiger partial charge in [-0.3, -0.25) is 0 Å². The molecule has 0 atom stereocenters. The molecule has 8 heteroatoms. The molecule has 1 aromatic heterocycles. The molecule has 0 saturated carbocycles. The van der Waals surface area contributed by atoms with E-state index >= 15 is 0 Å². The minimum Gasteiger partial charge on any atom is -0.480 e. The smallest absolute Gasteiger partial charge is 0.480 e. The van der Waals surface area contributed by atoms with Gasteiger partial charge in [-0.05, 0) is 22.6 Å². The summed E-state index contributed by atoms with van der Waals surface area (Å²) in [5, 5.41) is 0. The van der Waals surface area contributed by atoms with Gasteiger partial charge in [-0.2, -0.15) is 0 Å². The average molecular weight is 351 g/mol. The van der Waals surface area contributed by atoms with Crippen molar-refractivity contribution in [3.8, 4) is 11.6 Å². The number of rotatable bonds is 3. The van der Waals surface area contributed by atoms with E-state index in [2.05, 4.69) is 9.72 Å². The third-order valence-electron chi connectivity index (χ3n) is 1.60. The van der Waals surface area contributed by atoms with Crippen molar-refractivity contribution in [2.24, 2.45) is 0 Å². The van der Waals surface area contributed by atoms with Crippen LogP contribution in [0.15, 0.2) is 6.20 Å². The lowest BCUT2D eigenvalue weighted by Crippen LogP contribution is -2.18. The Labute approximate surface area is 102 Å². The van der Waals surface area contributed by atoms with E-state index in [0.29, 0.717) is 0 Å². The molecule has 0 aliphatic carbocycles. The molecule has 1 rings (SSSR count). The van der Waals surface area contributed by atoms with E-state index in [9.17, 15) is 17.6 Å². The van der Waals surface area contributed by atoms with Gasteiger partial charge in [0.25, 0.3) is 0 Å². The van der Waals surface area contributed by atoms with Gasteiger partial charge in [-0.1, -0.05) is 0 Å². The predicted molar refractivity (Wildman–Crippen MR) is 55.0 cm³/mol. The number of halogens is 5. The minimum atomic E-state index is -4.87. The molecule has 0 saturated heterocycles. The molecule has 1 aromatic rings. The second kappa shape index (κ2) is 5.02. The molecule has 3 nitrogen and oxygen atoms in total. The van der Waals surface area contributed by atoms with E-state index in [1.807, 2.05) is 0 Å². The first-order valence-corrected chi connectivity index (χ1v) is 5.00. The zero-order chi connectivity index (χ0) is 12.3. The van der Waals surface area contributed by atoms with E-state index < -0.39 is 18.8 Å². The van der Waals surface area contributed by atoms with Crippen molar-refractivity contribution in [3.63, 3.8) is 0 Å². The summed E-state index contributed by atoms with van der Waals surface area (Å²) in [6, 6.07) is 0. The van der Waals surface area contributed by atoms with Crippen LogP contribution in [-0.4, -0.2) is 18.5 Å². The number of ether oxygens (including phenoxy) is 2. The van der Waals surface area contributed by atoms with E-state index in [0.717, 1.165) is 6.20 Å². The Balaban J connectivity index is 3.16. The monoisotopic (exact) mass is 351 g/mol. The zero-order valence-electron chi connectivity index (χ0n) is 7.94. The molecule has 0 unspecified atom stereocenters. The normalized spacial score (nSPS) is 11.4. The summed E-state index contributed by atoms with van der Waals surface area (Å²) in [4.78, 5) is 3.57. The maximum absolute atomic E-state index is 12.6. The largest absolute Gasteiger partial charge is 0.573 e. The van der Waals surface area contributed by atoms with Gasteiger partial charge in [0.15, 0.2) is 5.75 Å². The number of hydrogen-bond acceptors (Lipinski definition) is 3. The van der Waals surface area contributed by atoms with Gasteiger partial charge >= 0.3 is 6.36 Å². The minimum absolute atomic E-state index is 0.0581. The van der Waals surface area contributed by atoms with Crippen LogP contribution in [0.2, 0.25) is 0 Å². The Bertz CT molecular complexity index is 383. The number of methoxy groups -OCH3 is 1. The molecule has 0 bridgehead atoms. The van der Waals surface area contributed by atoms with Gasteiger partial charge in [0.05, 0.1) is 16.9 Å². The van der Waals surface area contributed by atoms with Crippen LogP contribution in [0.25, 0.3) is 0 Å². The molecule has 0 aliphatic heterocycles. The van der Waals surface area contributed by atoms with Crippen LogP contribution in [0.4, 0.5) is 17.6 Å².